The molecule has 0 heterocycles. The minimum absolute atomic E-state index is 0.284. The summed E-state index contributed by atoms with van der Waals surface area (Å²) in [7, 11) is 0. The van der Waals surface area contributed by atoms with Gasteiger partial charge in [0.1, 0.15) is 6.23 Å². The van der Waals surface area contributed by atoms with Gasteiger partial charge in [-0.3, -0.25) is 5.32 Å². The summed E-state index contributed by atoms with van der Waals surface area (Å²) in [6, 6.07) is 0. The minimum Gasteiger partial charge on any atom is -0.379 e. The number of hydrogen-bond donors (Lipinski definition) is 2. The van der Waals surface area contributed by atoms with E-state index in [-0.39, 0.29) is 6.23 Å². The summed E-state index contributed by atoms with van der Waals surface area (Å²) in [4.78, 5) is 0. The van der Waals surface area contributed by atoms with E-state index in [4.69, 9.17) is 0 Å². The molecular formula is C38H79NO. The molecule has 0 aromatic heterocycles. The minimum atomic E-state index is -0.284. The van der Waals surface area contributed by atoms with Crippen LogP contribution in [-0.4, -0.2) is 17.9 Å². The van der Waals surface area contributed by atoms with Crippen LogP contribution in [-0.2, 0) is 0 Å². The lowest BCUT2D eigenvalue weighted by molar-refractivity contribution is 0.124. The first-order chi connectivity index (χ1) is 19.8. The molecule has 0 fully saturated rings. The molecule has 0 saturated heterocycles. The van der Waals surface area contributed by atoms with E-state index in [1.807, 2.05) is 0 Å². The predicted molar refractivity (Wildman–Crippen MR) is 182 cm³/mol. The first-order valence-corrected chi connectivity index (χ1v) is 19.2. The number of aliphatic hydroxyl groups is 1. The molecule has 0 saturated carbocycles. The molecule has 0 aliphatic heterocycles. The van der Waals surface area contributed by atoms with Crippen molar-refractivity contribution in [3.05, 3.63) is 0 Å². The van der Waals surface area contributed by atoms with E-state index in [0.29, 0.717) is 0 Å². The zero-order valence-corrected chi connectivity index (χ0v) is 28.3. The van der Waals surface area contributed by atoms with Crippen LogP contribution >= 0.6 is 0 Å². The van der Waals surface area contributed by atoms with Crippen LogP contribution in [0.15, 0.2) is 0 Å². The second-order valence-electron chi connectivity index (χ2n) is 13.2. The van der Waals surface area contributed by atoms with Gasteiger partial charge in [-0.15, -0.1) is 0 Å². The van der Waals surface area contributed by atoms with Crippen molar-refractivity contribution >= 4 is 0 Å². The van der Waals surface area contributed by atoms with E-state index >= 15 is 0 Å². The fourth-order valence-corrected chi connectivity index (χ4v) is 6.11. The van der Waals surface area contributed by atoms with Crippen molar-refractivity contribution in [2.75, 3.05) is 6.54 Å². The molecule has 0 bridgehead atoms. The average molecular weight is 566 g/mol. The summed E-state index contributed by atoms with van der Waals surface area (Å²) in [6.45, 7) is 5.58. The summed E-state index contributed by atoms with van der Waals surface area (Å²) in [6.07, 6.45) is 47.2. The Bertz CT molecular complexity index is 426. The number of nitrogens with one attached hydrogen (secondary N) is 1. The van der Waals surface area contributed by atoms with Crippen molar-refractivity contribution in [2.45, 2.75) is 238 Å². The number of unbranched alkanes of at least 4 members (excludes halogenated alkanes) is 31. The van der Waals surface area contributed by atoms with Gasteiger partial charge in [-0.2, -0.15) is 0 Å². The van der Waals surface area contributed by atoms with Crippen molar-refractivity contribution in [2.24, 2.45) is 0 Å². The molecule has 0 aromatic rings. The third kappa shape index (κ3) is 35.9. The van der Waals surface area contributed by atoms with Crippen molar-refractivity contribution in [3.8, 4) is 0 Å². The van der Waals surface area contributed by atoms with Crippen LogP contribution in [0, 0.1) is 0 Å². The Morgan fingerprint density at radius 1 is 0.325 bits per heavy atom. The lowest BCUT2D eigenvalue weighted by Gasteiger charge is -2.12. The molecule has 0 radical (unpaired) electrons. The molecule has 1 unspecified atom stereocenters. The van der Waals surface area contributed by atoms with Gasteiger partial charge in [0.05, 0.1) is 0 Å². The highest BCUT2D eigenvalue weighted by Crippen LogP contribution is 2.16. The van der Waals surface area contributed by atoms with Gasteiger partial charge in [-0.25, -0.2) is 0 Å². The molecule has 2 N–H and O–H groups in total. The Morgan fingerprint density at radius 2 is 0.550 bits per heavy atom. The highest BCUT2D eigenvalue weighted by atomic mass is 16.3. The molecule has 0 aliphatic rings. The summed E-state index contributed by atoms with van der Waals surface area (Å²) < 4.78 is 0. The molecule has 0 rings (SSSR count). The third-order valence-electron chi connectivity index (χ3n) is 8.99. The molecule has 0 spiro atoms. The Hall–Kier alpha value is -0.0800. The van der Waals surface area contributed by atoms with E-state index in [0.717, 1.165) is 13.0 Å². The maximum atomic E-state index is 10.2. The maximum Gasteiger partial charge on any atom is 0.104 e. The van der Waals surface area contributed by atoms with Crippen LogP contribution in [0.1, 0.15) is 232 Å². The molecule has 0 aromatic carbocycles. The second-order valence-corrected chi connectivity index (χ2v) is 13.2. The van der Waals surface area contributed by atoms with Crippen molar-refractivity contribution in [3.63, 3.8) is 0 Å². The Labute approximate surface area is 255 Å². The quantitative estimate of drug-likeness (QED) is 0.0585. The molecule has 2 nitrogen and oxygen atoms in total. The Kier molecular flexibility index (Phi) is 36.9. The Morgan fingerprint density at radius 3 is 0.825 bits per heavy atom. The van der Waals surface area contributed by atoms with E-state index in [9.17, 15) is 5.11 Å². The van der Waals surface area contributed by atoms with Gasteiger partial charge in [0.2, 0.25) is 0 Å². The summed E-state index contributed by atoms with van der Waals surface area (Å²) in [5.74, 6) is 0. The lowest BCUT2D eigenvalue weighted by Crippen LogP contribution is -2.29. The van der Waals surface area contributed by atoms with Gasteiger partial charge in [0.15, 0.2) is 0 Å². The van der Waals surface area contributed by atoms with Crippen LogP contribution in [0.5, 0.6) is 0 Å². The van der Waals surface area contributed by atoms with Gasteiger partial charge in [-0.05, 0) is 25.8 Å². The zero-order valence-electron chi connectivity index (χ0n) is 28.3. The molecule has 2 heteroatoms. The van der Waals surface area contributed by atoms with Gasteiger partial charge >= 0.3 is 0 Å². The average Bonchev–Trinajstić information content (AvgIpc) is 2.96. The smallest absolute Gasteiger partial charge is 0.104 e. The van der Waals surface area contributed by atoms with Crippen LogP contribution < -0.4 is 5.32 Å². The summed E-state index contributed by atoms with van der Waals surface area (Å²) in [5.41, 5.74) is 0. The van der Waals surface area contributed by atoms with Crippen LogP contribution in [0.3, 0.4) is 0 Å². The van der Waals surface area contributed by atoms with Gasteiger partial charge in [0.25, 0.3) is 0 Å². The van der Waals surface area contributed by atoms with E-state index in [1.54, 1.807) is 0 Å². The standard InChI is InChI=1S/C38H79NO/c1-3-5-7-9-11-13-15-17-19-20-21-22-23-24-26-28-30-32-34-36-38(40)39-37-35-33-31-29-27-25-18-16-14-12-10-8-6-4-2/h38-40H,3-37H2,1-2H3. The van der Waals surface area contributed by atoms with Crippen LogP contribution in [0.25, 0.3) is 0 Å². The zero-order chi connectivity index (χ0) is 29.0. The highest BCUT2D eigenvalue weighted by Gasteiger charge is 2.02. The van der Waals surface area contributed by atoms with Gasteiger partial charge < -0.3 is 5.11 Å². The van der Waals surface area contributed by atoms with E-state index < -0.39 is 0 Å². The molecule has 1 atom stereocenters. The number of rotatable bonds is 36. The summed E-state index contributed by atoms with van der Waals surface area (Å²) >= 11 is 0. The molecule has 0 amide bonds. The molecular weight excluding hydrogens is 486 g/mol. The SMILES string of the molecule is CCCCCCCCCCCCCCCCCCCCCC(O)NCCCCCCCCCCCCCCCC. The van der Waals surface area contributed by atoms with Crippen molar-refractivity contribution in [1.82, 2.24) is 5.32 Å². The fraction of sp³-hybridized carbons (Fsp3) is 1.00. The second kappa shape index (κ2) is 36.9. The van der Waals surface area contributed by atoms with Crippen LogP contribution in [0.4, 0.5) is 0 Å². The first kappa shape index (κ1) is 39.9. The van der Waals surface area contributed by atoms with Gasteiger partial charge in [0, 0.05) is 0 Å². The highest BCUT2D eigenvalue weighted by molar-refractivity contribution is 4.57. The number of aliphatic hydroxyl groups excluding tert-OH is 1. The maximum absolute atomic E-state index is 10.2. The van der Waals surface area contributed by atoms with E-state index in [1.165, 1.54) is 212 Å². The first-order valence-electron chi connectivity index (χ1n) is 19.2. The largest absolute Gasteiger partial charge is 0.379 e. The third-order valence-corrected chi connectivity index (χ3v) is 8.99. The topological polar surface area (TPSA) is 32.3 Å². The van der Waals surface area contributed by atoms with E-state index in [2.05, 4.69) is 19.2 Å². The fourth-order valence-electron chi connectivity index (χ4n) is 6.11. The van der Waals surface area contributed by atoms with Gasteiger partial charge in [-0.1, -0.05) is 213 Å². The number of hydrogen-bond acceptors (Lipinski definition) is 2. The van der Waals surface area contributed by atoms with Crippen molar-refractivity contribution in [1.29, 1.82) is 0 Å². The Balaban J connectivity index is 3.13. The molecule has 40 heavy (non-hydrogen) atoms. The monoisotopic (exact) mass is 566 g/mol. The molecule has 242 valence electrons. The van der Waals surface area contributed by atoms with Crippen LogP contribution in [0.2, 0.25) is 0 Å². The lowest BCUT2D eigenvalue weighted by atomic mass is 10.0. The van der Waals surface area contributed by atoms with Crippen molar-refractivity contribution < 1.29 is 5.11 Å². The molecule has 0 aliphatic carbocycles. The predicted octanol–water partition coefficient (Wildman–Crippen LogP) is 13.2. The summed E-state index contributed by atoms with van der Waals surface area (Å²) in [5, 5.41) is 13.5. The normalized spacial score (nSPS) is 12.4.